The number of amides is 1. The molecule has 192 valence electrons. The molecule has 2 fully saturated rings. The van der Waals surface area contributed by atoms with E-state index in [1.165, 1.54) is 0 Å². The van der Waals surface area contributed by atoms with Gasteiger partial charge in [0.15, 0.2) is 17.3 Å². The number of hydrogen-bond donors (Lipinski definition) is 4. The zero-order valence-electron chi connectivity index (χ0n) is 19.6. The van der Waals surface area contributed by atoms with Crippen LogP contribution in [-0.2, 0) is 4.79 Å². The van der Waals surface area contributed by atoms with Crippen LogP contribution in [0, 0.1) is 17.6 Å². The first-order valence-electron chi connectivity index (χ1n) is 12.2. The van der Waals surface area contributed by atoms with Gasteiger partial charge in [-0.15, -0.1) is 0 Å². The van der Waals surface area contributed by atoms with Crippen molar-refractivity contribution < 1.29 is 18.7 Å². The maximum atomic E-state index is 14.6. The number of aliphatic hydroxyl groups is 1. The van der Waals surface area contributed by atoms with Gasteiger partial charge in [-0.2, -0.15) is 4.98 Å². The monoisotopic (exact) mass is 519 g/mol. The molecular weight excluding hydrogens is 492 g/mol. The Kier molecular flexibility index (Phi) is 6.94. The van der Waals surface area contributed by atoms with Crippen LogP contribution in [0.1, 0.15) is 57.4 Å². The third kappa shape index (κ3) is 5.08. The Morgan fingerprint density at radius 2 is 1.83 bits per heavy atom. The van der Waals surface area contributed by atoms with E-state index < -0.39 is 11.6 Å². The van der Waals surface area contributed by atoms with Crippen LogP contribution in [0.5, 0.6) is 0 Å². The Balaban J connectivity index is 1.51. The number of aliphatic hydroxyl groups excluding tert-OH is 1. The fraction of sp³-hybridized carbons (Fsp3) is 0.500. The predicted molar refractivity (Wildman–Crippen MR) is 132 cm³/mol. The molecule has 2 saturated carbocycles. The molecule has 0 radical (unpaired) electrons. The van der Waals surface area contributed by atoms with Crippen LogP contribution in [0.4, 0.5) is 26.4 Å². The molecule has 0 spiro atoms. The van der Waals surface area contributed by atoms with Crippen molar-refractivity contribution in [1.82, 2.24) is 19.5 Å². The topological polar surface area (TPSA) is 131 Å². The van der Waals surface area contributed by atoms with Gasteiger partial charge in [0.25, 0.3) is 0 Å². The molecule has 0 aliphatic heterocycles. The second-order valence-corrected chi connectivity index (χ2v) is 10.1. The third-order valence-corrected chi connectivity index (χ3v) is 7.34. The second kappa shape index (κ2) is 10.1. The van der Waals surface area contributed by atoms with Crippen molar-refractivity contribution in [3.05, 3.63) is 35.0 Å². The van der Waals surface area contributed by atoms with Gasteiger partial charge in [-0.05, 0) is 63.5 Å². The summed E-state index contributed by atoms with van der Waals surface area (Å²) in [5.74, 6) is -1.61. The zero-order chi connectivity index (χ0) is 25.4. The highest BCUT2D eigenvalue weighted by molar-refractivity contribution is 6.30. The number of nitrogens with one attached hydrogen (secondary N) is 2. The van der Waals surface area contributed by atoms with E-state index in [4.69, 9.17) is 22.3 Å². The smallest absolute Gasteiger partial charge is 0.224 e. The zero-order valence-corrected chi connectivity index (χ0v) is 20.3. The molecule has 1 amide bonds. The quantitative estimate of drug-likeness (QED) is 0.379. The Bertz CT molecular complexity index is 1260. The largest absolute Gasteiger partial charge is 0.393 e. The molecular formula is C24H28ClF2N7O2. The van der Waals surface area contributed by atoms with Crippen molar-refractivity contribution in [2.24, 2.45) is 11.7 Å². The van der Waals surface area contributed by atoms with Gasteiger partial charge in [0.2, 0.25) is 17.8 Å². The van der Waals surface area contributed by atoms with E-state index in [0.717, 1.165) is 31.4 Å². The summed E-state index contributed by atoms with van der Waals surface area (Å²) in [6, 6.07) is 1.98. The minimum atomic E-state index is -0.847. The number of primary amides is 1. The molecule has 9 nitrogen and oxygen atoms in total. The summed E-state index contributed by atoms with van der Waals surface area (Å²) < 4.78 is 31.0. The first-order valence-corrected chi connectivity index (χ1v) is 12.6. The number of halogens is 3. The number of carbonyl (C=O) groups is 1. The predicted octanol–water partition coefficient (Wildman–Crippen LogP) is 4.43. The molecule has 0 saturated heterocycles. The summed E-state index contributed by atoms with van der Waals surface area (Å²) in [5.41, 5.74) is 6.10. The van der Waals surface area contributed by atoms with Gasteiger partial charge in [0.05, 0.1) is 12.3 Å². The highest BCUT2D eigenvalue weighted by atomic mass is 35.5. The van der Waals surface area contributed by atoms with Crippen LogP contribution < -0.4 is 16.4 Å². The summed E-state index contributed by atoms with van der Waals surface area (Å²) in [4.78, 5) is 25.3. The molecule has 3 aromatic rings. The van der Waals surface area contributed by atoms with Crippen LogP contribution >= 0.6 is 11.6 Å². The number of nitrogens with two attached hydrogens (primary N) is 1. The minimum Gasteiger partial charge on any atom is -0.393 e. The number of hydrogen-bond acceptors (Lipinski definition) is 7. The maximum absolute atomic E-state index is 14.6. The third-order valence-electron chi connectivity index (χ3n) is 7.12. The summed E-state index contributed by atoms with van der Waals surface area (Å²) in [6.07, 6.45) is 6.86. The van der Waals surface area contributed by atoms with Crippen molar-refractivity contribution >= 4 is 46.3 Å². The van der Waals surface area contributed by atoms with E-state index in [0.29, 0.717) is 49.2 Å². The van der Waals surface area contributed by atoms with Crippen molar-refractivity contribution in [2.45, 2.75) is 69.6 Å². The minimum absolute atomic E-state index is 0.0448. The van der Waals surface area contributed by atoms with Crippen LogP contribution in [0.25, 0.3) is 11.2 Å². The normalized spacial score (nSPS) is 24.6. The molecule has 1 aromatic carbocycles. The van der Waals surface area contributed by atoms with Crippen LogP contribution in [-0.4, -0.2) is 42.7 Å². The lowest BCUT2D eigenvalue weighted by atomic mass is 9.85. The molecule has 2 aromatic heterocycles. The number of aromatic nitrogens is 4. The van der Waals surface area contributed by atoms with Gasteiger partial charge in [0, 0.05) is 23.0 Å². The fourth-order valence-electron chi connectivity index (χ4n) is 5.26. The van der Waals surface area contributed by atoms with Crippen LogP contribution in [0.15, 0.2) is 18.3 Å². The van der Waals surface area contributed by atoms with Gasteiger partial charge in [0.1, 0.15) is 11.2 Å². The summed E-state index contributed by atoms with van der Waals surface area (Å²) in [6.45, 7) is 0. The number of rotatable bonds is 6. The Hall–Kier alpha value is -3.05. The summed E-state index contributed by atoms with van der Waals surface area (Å²) >= 11 is 5.78. The highest BCUT2D eigenvalue weighted by Crippen LogP contribution is 2.38. The molecule has 2 heterocycles. The Labute approximate surface area is 211 Å². The first kappa shape index (κ1) is 24.6. The van der Waals surface area contributed by atoms with Gasteiger partial charge in [-0.25, -0.2) is 18.7 Å². The number of carbonyl (C=O) groups excluding carboxylic acids is 1. The van der Waals surface area contributed by atoms with Crippen molar-refractivity contribution in [1.29, 1.82) is 0 Å². The van der Waals surface area contributed by atoms with Crippen LogP contribution in [0.3, 0.4) is 0 Å². The fourth-order valence-corrected chi connectivity index (χ4v) is 5.46. The summed E-state index contributed by atoms with van der Waals surface area (Å²) in [7, 11) is 0. The molecule has 12 heteroatoms. The lowest BCUT2D eigenvalue weighted by Crippen LogP contribution is -2.30. The highest BCUT2D eigenvalue weighted by Gasteiger charge is 2.30. The number of nitrogens with zero attached hydrogens (tertiary/aromatic N) is 4. The average Bonchev–Trinajstić information content (AvgIpc) is 3.18. The number of anilines is 3. The lowest BCUT2D eigenvalue weighted by molar-refractivity contribution is -0.122. The molecule has 2 atom stereocenters. The number of imidazole rings is 1. The average molecular weight is 520 g/mol. The molecule has 1 unspecified atom stereocenters. The Morgan fingerprint density at radius 1 is 1.11 bits per heavy atom. The van der Waals surface area contributed by atoms with Crippen LogP contribution in [0.2, 0.25) is 5.02 Å². The molecule has 5 rings (SSSR count). The molecule has 0 bridgehead atoms. The molecule has 36 heavy (non-hydrogen) atoms. The number of fused-ring (bicyclic) bond motifs is 1. The van der Waals surface area contributed by atoms with Crippen molar-refractivity contribution in [3.63, 3.8) is 0 Å². The van der Waals surface area contributed by atoms with Gasteiger partial charge in [-0.1, -0.05) is 11.6 Å². The van der Waals surface area contributed by atoms with Crippen molar-refractivity contribution in [3.8, 4) is 0 Å². The molecule has 5 N–H and O–H groups in total. The molecule has 2 aliphatic rings. The SMILES string of the molecule is NC(=O)[C@H]1CC[C@@H](n2c(Nc3c(F)cc(Cl)cc3F)nc3cnc(NC4CCC[C@H](O)C4)nc32)CC1. The number of benzene rings is 1. The maximum Gasteiger partial charge on any atom is 0.224 e. The van der Waals surface area contributed by atoms with E-state index in [1.807, 2.05) is 4.57 Å². The van der Waals surface area contributed by atoms with E-state index in [-0.39, 0.29) is 46.7 Å². The van der Waals surface area contributed by atoms with E-state index in [1.54, 1.807) is 6.20 Å². The standard InChI is InChI=1S/C24H28ClF2N7O2/c25-13-8-17(26)20(18(27)9-13)32-24-31-19-11-29-23(30-14-2-1-3-16(35)10-14)33-22(19)34(24)15-6-4-12(5-7-15)21(28)36/h8-9,11-12,14-16,35H,1-7,10H2,(H2,28,36)(H,31,32)(H,29,30,33)/t12-,14?,15+,16-/m0/s1. The second-order valence-electron chi connectivity index (χ2n) is 9.65. The lowest BCUT2D eigenvalue weighted by Gasteiger charge is -2.29. The van der Waals surface area contributed by atoms with E-state index in [2.05, 4.69) is 20.6 Å². The Morgan fingerprint density at radius 3 is 2.50 bits per heavy atom. The van der Waals surface area contributed by atoms with Crippen molar-refractivity contribution in [2.75, 3.05) is 10.6 Å². The van der Waals surface area contributed by atoms with E-state index >= 15 is 0 Å². The van der Waals surface area contributed by atoms with Gasteiger partial charge < -0.3 is 21.5 Å². The first-order chi connectivity index (χ1) is 17.3. The van der Waals surface area contributed by atoms with Gasteiger partial charge in [-0.3, -0.25) is 9.36 Å². The molecule has 2 aliphatic carbocycles. The summed E-state index contributed by atoms with van der Waals surface area (Å²) in [5, 5.41) is 16.0. The van der Waals surface area contributed by atoms with Gasteiger partial charge >= 0.3 is 0 Å². The van der Waals surface area contributed by atoms with E-state index in [9.17, 15) is 18.7 Å².